The first kappa shape index (κ1) is 16.4. The maximum atomic E-state index is 10.1. The van der Waals surface area contributed by atoms with E-state index in [-0.39, 0.29) is 0 Å². The number of aryl methyl sites for hydroxylation is 3. The van der Waals surface area contributed by atoms with E-state index in [0.717, 1.165) is 33.9 Å². The van der Waals surface area contributed by atoms with Gasteiger partial charge >= 0.3 is 0 Å². The Bertz CT molecular complexity index is 661. The summed E-state index contributed by atoms with van der Waals surface area (Å²) in [4.78, 5) is 0. The Morgan fingerprint density at radius 2 is 1.59 bits per heavy atom. The third kappa shape index (κ3) is 3.42. The molecule has 0 saturated heterocycles. The van der Waals surface area contributed by atoms with E-state index in [2.05, 4.69) is 38.2 Å². The summed E-state index contributed by atoms with van der Waals surface area (Å²) in [6, 6.07) is 9.96. The summed E-state index contributed by atoms with van der Waals surface area (Å²) in [5.41, 5.74) is 4.30. The average molecular weight is 299 g/mol. The van der Waals surface area contributed by atoms with Crippen LogP contribution in [0.2, 0.25) is 0 Å². The lowest BCUT2D eigenvalue weighted by atomic mass is 9.97. The highest BCUT2D eigenvalue weighted by molar-refractivity contribution is 5.60. The normalized spacial score (nSPS) is 11.4. The third-order valence-corrected chi connectivity index (χ3v) is 3.77. The molecule has 3 nitrogen and oxygen atoms in total. The monoisotopic (exact) mass is 299 g/mol. The number of ether oxygens (including phenoxy) is 1. The zero-order valence-corrected chi connectivity index (χ0v) is 14.2. The van der Waals surface area contributed by atoms with Gasteiger partial charge in [0, 0.05) is 7.05 Å². The summed E-state index contributed by atoms with van der Waals surface area (Å²) >= 11 is 0. The van der Waals surface area contributed by atoms with Crippen LogP contribution in [0.15, 0.2) is 30.3 Å². The van der Waals surface area contributed by atoms with Crippen LogP contribution in [0, 0.1) is 20.8 Å². The van der Waals surface area contributed by atoms with E-state index in [1.54, 1.807) is 13.8 Å². The Morgan fingerprint density at radius 3 is 2.09 bits per heavy atom. The van der Waals surface area contributed by atoms with Crippen molar-refractivity contribution in [1.29, 1.82) is 0 Å². The summed E-state index contributed by atoms with van der Waals surface area (Å²) in [5.74, 6) is 1.64. The highest BCUT2D eigenvalue weighted by Crippen LogP contribution is 2.36. The number of aliphatic hydroxyl groups is 1. The standard InChI is InChI=1S/C19H25NO2/c1-12-9-13(2)18(14(3)10-12)22-17-8-7-15(19(4,5)21)11-16(17)20-6/h7-11,20-21H,1-6H3. The van der Waals surface area contributed by atoms with Crippen molar-refractivity contribution in [3.8, 4) is 11.5 Å². The zero-order chi connectivity index (χ0) is 16.5. The second kappa shape index (κ2) is 6.01. The molecule has 2 rings (SSSR count). The van der Waals surface area contributed by atoms with Crippen LogP contribution in [0.1, 0.15) is 36.1 Å². The molecule has 0 atom stereocenters. The van der Waals surface area contributed by atoms with E-state index >= 15 is 0 Å². The summed E-state index contributed by atoms with van der Waals surface area (Å²) < 4.78 is 6.14. The van der Waals surface area contributed by atoms with E-state index in [1.165, 1.54) is 5.56 Å². The molecule has 0 fully saturated rings. The van der Waals surface area contributed by atoms with Crippen LogP contribution in [0.3, 0.4) is 0 Å². The molecular formula is C19H25NO2. The van der Waals surface area contributed by atoms with Gasteiger partial charge in [0.05, 0.1) is 11.3 Å². The molecule has 3 heteroatoms. The predicted octanol–water partition coefficient (Wildman–Crippen LogP) is 4.67. The van der Waals surface area contributed by atoms with Gasteiger partial charge in [-0.25, -0.2) is 0 Å². The average Bonchev–Trinajstić information content (AvgIpc) is 2.41. The molecule has 0 aromatic heterocycles. The first-order chi connectivity index (χ1) is 10.2. The quantitative estimate of drug-likeness (QED) is 0.861. The molecule has 0 aliphatic heterocycles. The van der Waals surface area contributed by atoms with Gasteiger partial charge in [-0.05, 0) is 63.4 Å². The molecule has 0 radical (unpaired) electrons. The van der Waals surface area contributed by atoms with Crippen LogP contribution in [0.4, 0.5) is 5.69 Å². The third-order valence-electron chi connectivity index (χ3n) is 3.77. The molecule has 0 saturated carbocycles. The maximum absolute atomic E-state index is 10.1. The van der Waals surface area contributed by atoms with Gasteiger partial charge in [-0.1, -0.05) is 23.8 Å². The summed E-state index contributed by atoms with van der Waals surface area (Å²) in [5, 5.41) is 13.3. The molecule has 22 heavy (non-hydrogen) atoms. The predicted molar refractivity (Wildman–Crippen MR) is 92.0 cm³/mol. The van der Waals surface area contributed by atoms with E-state index in [0.29, 0.717) is 0 Å². The van der Waals surface area contributed by atoms with Crippen LogP contribution >= 0.6 is 0 Å². The smallest absolute Gasteiger partial charge is 0.150 e. The van der Waals surface area contributed by atoms with E-state index in [9.17, 15) is 5.11 Å². The molecule has 0 unspecified atom stereocenters. The fourth-order valence-electron chi connectivity index (χ4n) is 2.63. The minimum absolute atomic E-state index is 0.755. The Morgan fingerprint density at radius 1 is 1.00 bits per heavy atom. The second-order valence-corrected chi connectivity index (χ2v) is 6.35. The molecule has 0 spiro atoms. The molecule has 0 bridgehead atoms. The minimum Gasteiger partial charge on any atom is -0.455 e. The summed E-state index contributed by atoms with van der Waals surface area (Å²) in [6.45, 7) is 9.74. The van der Waals surface area contributed by atoms with Crippen LogP contribution < -0.4 is 10.1 Å². The van der Waals surface area contributed by atoms with Crippen molar-refractivity contribution in [2.75, 3.05) is 12.4 Å². The minimum atomic E-state index is -0.875. The fraction of sp³-hybridized carbons (Fsp3) is 0.368. The first-order valence-corrected chi connectivity index (χ1v) is 7.52. The van der Waals surface area contributed by atoms with Gasteiger partial charge in [0.2, 0.25) is 0 Å². The van der Waals surface area contributed by atoms with Crippen molar-refractivity contribution in [2.45, 2.75) is 40.2 Å². The van der Waals surface area contributed by atoms with E-state index < -0.39 is 5.60 Å². The van der Waals surface area contributed by atoms with Gasteiger partial charge in [-0.15, -0.1) is 0 Å². The van der Waals surface area contributed by atoms with Crippen molar-refractivity contribution < 1.29 is 9.84 Å². The van der Waals surface area contributed by atoms with Crippen molar-refractivity contribution in [2.24, 2.45) is 0 Å². The van der Waals surface area contributed by atoms with Gasteiger partial charge in [0.25, 0.3) is 0 Å². The van der Waals surface area contributed by atoms with E-state index in [1.807, 2.05) is 25.2 Å². The van der Waals surface area contributed by atoms with Crippen LogP contribution in [0.5, 0.6) is 11.5 Å². The molecule has 0 heterocycles. The van der Waals surface area contributed by atoms with Crippen molar-refractivity contribution in [3.63, 3.8) is 0 Å². The fourth-order valence-corrected chi connectivity index (χ4v) is 2.63. The second-order valence-electron chi connectivity index (χ2n) is 6.35. The van der Waals surface area contributed by atoms with Crippen molar-refractivity contribution >= 4 is 5.69 Å². The number of anilines is 1. The lowest BCUT2D eigenvalue weighted by Gasteiger charge is -2.21. The number of hydrogen-bond donors (Lipinski definition) is 2. The summed E-state index contributed by atoms with van der Waals surface area (Å²) in [7, 11) is 1.85. The molecule has 0 aliphatic rings. The molecule has 0 amide bonds. The lowest BCUT2D eigenvalue weighted by Crippen LogP contribution is -2.15. The number of hydrogen-bond acceptors (Lipinski definition) is 3. The van der Waals surface area contributed by atoms with Crippen molar-refractivity contribution in [1.82, 2.24) is 0 Å². The van der Waals surface area contributed by atoms with Gasteiger partial charge < -0.3 is 15.2 Å². The topological polar surface area (TPSA) is 41.5 Å². The van der Waals surface area contributed by atoms with Gasteiger partial charge in [0.15, 0.2) is 5.75 Å². The molecular weight excluding hydrogens is 274 g/mol. The van der Waals surface area contributed by atoms with Crippen LogP contribution in [-0.4, -0.2) is 12.2 Å². The van der Waals surface area contributed by atoms with Gasteiger partial charge in [-0.3, -0.25) is 0 Å². The largest absolute Gasteiger partial charge is 0.455 e. The van der Waals surface area contributed by atoms with Crippen LogP contribution in [0.25, 0.3) is 0 Å². The number of nitrogens with one attached hydrogen (secondary N) is 1. The Kier molecular flexibility index (Phi) is 4.47. The van der Waals surface area contributed by atoms with Crippen molar-refractivity contribution in [3.05, 3.63) is 52.6 Å². The molecule has 2 N–H and O–H groups in total. The Balaban J connectivity index is 2.42. The SMILES string of the molecule is CNc1cc(C(C)(C)O)ccc1Oc1c(C)cc(C)cc1C. The maximum Gasteiger partial charge on any atom is 0.150 e. The highest BCUT2D eigenvalue weighted by atomic mass is 16.5. The van der Waals surface area contributed by atoms with Crippen LogP contribution in [-0.2, 0) is 5.60 Å². The lowest BCUT2D eigenvalue weighted by molar-refractivity contribution is 0.0786. The molecule has 2 aromatic carbocycles. The molecule has 118 valence electrons. The first-order valence-electron chi connectivity index (χ1n) is 7.52. The molecule has 0 aliphatic carbocycles. The Hall–Kier alpha value is -2.00. The van der Waals surface area contributed by atoms with Gasteiger partial charge in [0.1, 0.15) is 5.75 Å². The Labute approximate surface area is 133 Å². The zero-order valence-electron chi connectivity index (χ0n) is 14.2. The number of rotatable bonds is 4. The number of benzene rings is 2. The van der Waals surface area contributed by atoms with Gasteiger partial charge in [-0.2, -0.15) is 0 Å². The highest BCUT2D eigenvalue weighted by Gasteiger charge is 2.18. The van der Waals surface area contributed by atoms with E-state index in [4.69, 9.17) is 4.74 Å². The summed E-state index contributed by atoms with van der Waals surface area (Å²) in [6.07, 6.45) is 0. The molecule has 2 aromatic rings.